The number of hydrogen-bond acceptors (Lipinski definition) is 6. The van der Waals surface area contributed by atoms with Crippen molar-refractivity contribution in [2.24, 2.45) is 5.92 Å². The van der Waals surface area contributed by atoms with Crippen LogP contribution in [0.2, 0.25) is 10.0 Å². The third-order valence-corrected chi connectivity index (χ3v) is 7.37. The van der Waals surface area contributed by atoms with Crippen molar-refractivity contribution in [1.29, 1.82) is 0 Å². The summed E-state index contributed by atoms with van der Waals surface area (Å²) in [4.78, 5) is 29.8. The molecule has 0 aliphatic carbocycles. The van der Waals surface area contributed by atoms with Crippen LogP contribution < -0.4 is 15.8 Å². The Morgan fingerprint density at radius 2 is 1.86 bits per heavy atom. The number of amides is 2. The number of piperidine rings is 1. The van der Waals surface area contributed by atoms with Crippen LogP contribution in [0, 0.1) is 5.92 Å². The molecule has 2 aromatic carbocycles. The minimum Gasteiger partial charge on any atom is -0.496 e. The molecule has 3 N–H and O–H groups in total. The molecule has 0 saturated carbocycles. The molecule has 0 aromatic heterocycles. The van der Waals surface area contributed by atoms with Crippen LogP contribution in [0.3, 0.4) is 0 Å². The maximum Gasteiger partial charge on any atom is 0.255 e. The number of anilines is 1. The van der Waals surface area contributed by atoms with Gasteiger partial charge in [0, 0.05) is 55.9 Å². The van der Waals surface area contributed by atoms with E-state index in [2.05, 4.69) is 10.2 Å². The fourth-order valence-electron chi connectivity index (χ4n) is 4.75. The lowest BCUT2D eigenvalue weighted by molar-refractivity contribution is -0.0332. The molecular weight excluding hydrogens is 503 g/mol. The molecule has 2 amide bonds. The normalized spacial score (nSPS) is 19.2. The number of likely N-dealkylation sites (tertiary alicyclic amines) is 1. The molecule has 8 nitrogen and oxygen atoms in total. The van der Waals surface area contributed by atoms with Crippen molar-refractivity contribution >= 4 is 40.7 Å². The Kier molecular flexibility index (Phi) is 8.95. The van der Waals surface area contributed by atoms with Gasteiger partial charge in [-0.1, -0.05) is 23.2 Å². The Balaban J connectivity index is 1.23. The highest BCUT2D eigenvalue weighted by atomic mass is 35.5. The topological polar surface area (TPSA) is 97.1 Å². The van der Waals surface area contributed by atoms with Crippen LogP contribution in [0.25, 0.3) is 0 Å². The van der Waals surface area contributed by atoms with E-state index in [0.717, 1.165) is 45.6 Å². The highest BCUT2D eigenvalue weighted by Crippen LogP contribution is 2.29. The van der Waals surface area contributed by atoms with Crippen LogP contribution in [-0.2, 0) is 4.74 Å². The average Bonchev–Trinajstić information content (AvgIpc) is 2.89. The maximum atomic E-state index is 12.8. The summed E-state index contributed by atoms with van der Waals surface area (Å²) in [5.41, 5.74) is 7.18. The molecule has 0 radical (unpaired) electrons. The first-order chi connectivity index (χ1) is 17.3. The molecule has 2 fully saturated rings. The van der Waals surface area contributed by atoms with Crippen molar-refractivity contribution < 1.29 is 19.1 Å². The predicted molar refractivity (Wildman–Crippen MR) is 141 cm³/mol. The molecule has 2 aliphatic heterocycles. The molecular formula is C26H32Cl2N4O4. The van der Waals surface area contributed by atoms with Crippen molar-refractivity contribution in [2.45, 2.75) is 18.9 Å². The van der Waals surface area contributed by atoms with Crippen molar-refractivity contribution in [3.05, 3.63) is 57.6 Å². The number of ether oxygens (including phenoxy) is 2. The molecule has 4 rings (SSSR count). The number of nitrogens with one attached hydrogen (secondary N) is 1. The largest absolute Gasteiger partial charge is 0.496 e. The number of nitrogens with two attached hydrogens (primary N) is 1. The third-order valence-electron chi connectivity index (χ3n) is 6.79. The first-order valence-electron chi connectivity index (χ1n) is 12.1. The lowest BCUT2D eigenvalue weighted by atomic mass is 9.95. The third kappa shape index (κ3) is 6.62. The molecule has 2 aromatic rings. The Labute approximate surface area is 221 Å². The lowest BCUT2D eigenvalue weighted by Gasteiger charge is -2.38. The smallest absolute Gasteiger partial charge is 0.255 e. The second-order valence-corrected chi connectivity index (χ2v) is 10.1. The van der Waals surface area contributed by atoms with E-state index >= 15 is 0 Å². The highest BCUT2D eigenvalue weighted by molar-refractivity contribution is 6.33. The van der Waals surface area contributed by atoms with E-state index in [4.69, 9.17) is 38.4 Å². The van der Waals surface area contributed by atoms with E-state index in [1.807, 2.05) is 4.90 Å². The highest BCUT2D eigenvalue weighted by Gasteiger charge is 2.28. The Morgan fingerprint density at radius 3 is 2.56 bits per heavy atom. The Morgan fingerprint density at radius 1 is 1.14 bits per heavy atom. The van der Waals surface area contributed by atoms with Crippen molar-refractivity contribution in [3.63, 3.8) is 0 Å². The van der Waals surface area contributed by atoms with Gasteiger partial charge in [0.05, 0.1) is 36.1 Å². The van der Waals surface area contributed by atoms with Gasteiger partial charge in [-0.25, -0.2) is 0 Å². The van der Waals surface area contributed by atoms with Gasteiger partial charge in [0.1, 0.15) is 5.75 Å². The van der Waals surface area contributed by atoms with Crippen molar-refractivity contribution in [1.82, 2.24) is 15.1 Å². The van der Waals surface area contributed by atoms with E-state index in [1.54, 1.807) is 30.3 Å². The molecule has 194 valence electrons. The average molecular weight is 535 g/mol. The number of nitrogens with zero attached hydrogens (tertiary/aromatic N) is 2. The SMILES string of the molecule is COc1cc(N)c(Cl)cc1C(=O)NCC1CN(CC2CCN(C(=O)c3ccc(Cl)cc3)CC2)CCO1. The molecule has 0 bridgehead atoms. The summed E-state index contributed by atoms with van der Waals surface area (Å²) < 4.78 is 11.2. The maximum absolute atomic E-state index is 12.8. The monoisotopic (exact) mass is 534 g/mol. The summed E-state index contributed by atoms with van der Waals surface area (Å²) in [6, 6.07) is 10.1. The van der Waals surface area contributed by atoms with Gasteiger partial charge < -0.3 is 25.4 Å². The van der Waals surface area contributed by atoms with Crippen LogP contribution in [0.4, 0.5) is 5.69 Å². The van der Waals surface area contributed by atoms with Crippen molar-refractivity contribution in [2.75, 3.05) is 58.7 Å². The number of carbonyl (C=O) groups is 2. The van der Waals surface area contributed by atoms with Crippen LogP contribution in [0.15, 0.2) is 36.4 Å². The van der Waals surface area contributed by atoms with Crippen LogP contribution in [0.1, 0.15) is 33.6 Å². The first kappa shape index (κ1) is 26.5. The van der Waals surface area contributed by atoms with Crippen LogP contribution in [-0.4, -0.2) is 80.7 Å². The second-order valence-electron chi connectivity index (χ2n) is 9.28. The van der Waals surface area contributed by atoms with Gasteiger partial charge in [-0.2, -0.15) is 0 Å². The number of carbonyl (C=O) groups excluding carboxylic acids is 2. The first-order valence-corrected chi connectivity index (χ1v) is 12.9. The van der Waals surface area contributed by atoms with E-state index in [9.17, 15) is 9.59 Å². The minimum atomic E-state index is -0.285. The van der Waals surface area contributed by atoms with Crippen LogP contribution >= 0.6 is 23.2 Å². The standard InChI is InChI=1S/C26H32Cl2N4O4/c1-35-24-13-23(29)22(28)12-21(24)25(33)30-14-20-16-31(10-11-36-20)15-17-6-8-32(9-7-17)26(34)18-2-4-19(27)5-3-18/h2-5,12-13,17,20H,6-11,14-16,29H2,1H3,(H,30,33). The van der Waals surface area contributed by atoms with Gasteiger partial charge in [-0.15, -0.1) is 0 Å². The van der Waals surface area contributed by atoms with E-state index in [1.165, 1.54) is 13.2 Å². The number of halogens is 2. The molecule has 2 saturated heterocycles. The summed E-state index contributed by atoms with van der Waals surface area (Å²) in [5.74, 6) is 0.675. The Bertz CT molecular complexity index is 1070. The van der Waals surface area contributed by atoms with E-state index in [0.29, 0.717) is 51.7 Å². The molecule has 1 atom stereocenters. The van der Waals surface area contributed by atoms with Gasteiger partial charge in [-0.05, 0) is 49.1 Å². The number of methoxy groups -OCH3 is 1. The molecule has 2 heterocycles. The number of hydrogen-bond donors (Lipinski definition) is 2. The summed E-state index contributed by atoms with van der Waals surface area (Å²) >= 11 is 12.0. The van der Waals surface area contributed by atoms with Gasteiger partial charge in [0.2, 0.25) is 0 Å². The second kappa shape index (κ2) is 12.1. The quantitative estimate of drug-likeness (QED) is 0.527. The summed E-state index contributed by atoms with van der Waals surface area (Å²) in [6.07, 6.45) is 1.83. The molecule has 0 spiro atoms. The summed E-state index contributed by atoms with van der Waals surface area (Å²) in [5, 5.41) is 3.86. The Hall–Kier alpha value is -2.52. The molecule has 1 unspecified atom stereocenters. The number of morpholine rings is 1. The summed E-state index contributed by atoms with van der Waals surface area (Å²) in [7, 11) is 1.49. The van der Waals surface area contributed by atoms with Gasteiger partial charge in [-0.3, -0.25) is 14.5 Å². The zero-order valence-electron chi connectivity index (χ0n) is 20.3. The van der Waals surface area contributed by atoms with E-state index < -0.39 is 0 Å². The number of benzene rings is 2. The summed E-state index contributed by atoms with van der Waals surface area (Å²) in [6.45, 7) is 5.06. The zero-order chi connectivity index (χ0) is 25.7. The molecule has 10 heteroatoms. The van der Waals surface area contributed by atoms with Crippen LogP contribution in [0.5, 0.6) is 5.75 Å². The van der Waals surface area contributed by atoms with E-state index in [-0.39, 0.29) is 17.9 Å². The van der Waals surface area contributed by atoms with Gasteiger partial charge >= 0.3 is 0 Å². The number of nitrogen functional groups attached to an aromatic ring is 1. The van der Waals surface area contributed by atoms with Gasteiger partial charge in [0.15, 0.2) is 0 Å². The zero-order valence-corrected chi connectivity index (χ0v) is 21.9. The molecule has 36 heavy (non-hydrogen) atoms. The fraction of sp³-hybridized carbons (Fsp3) is 0.462. The predicted octanol–water partition coefficient (Wildman–Crippen LogP) is 3.57. The van der Waals surface area contributed by atoms with Crippen molar-refractivity contribution in [3.8, 4) is 5.75 Å². The number of rotatable bonds is 7. The molecule has 2 aliphatic rings. The van der Waals surface area contributed by atoms with Gasteiger partial charge in [0.25, 0.3) is 11.8 Å². The lowest BCUT2D eigenvalue weighted by Crippen LogP contribution is -2.50. The minimum absolute atomic E-state index is 0.0614. The fourth-order valence-corrected chi connectivity index (χ4v) is 5.04.